The van der Waals surface area contributed by atoms with Crippen LogP contribution in [0.3, 0.4) is 0 Å². The summed E-state index contributed by atoms with van der Waals surface area (Å²) in [6.45, 7) is 2.91. The first-order valence-corrected chi connectivity index (χ1v) is 7.01. The predicted molar refractivity (Wildman–Crippen MR) is 84.2 cm³/mol. The second kappa shape index (κ2) is 7.31. The Kier molecular flexibility index (Phi) is 5.19. The number of carbonyl (C=O) groups excluding carboxylic acids is 3. The molecule has 0 fully saturated rings. The number of Topliss-reactive ketones (excluding diaryl/α,β-unsaturated/α-hetero) is 1. The van der Waals surface area contributed by atoms with Crippen molar-refractivity contribution in [1.82, 2.24) is 4.98 Å². The Bertz CT molecular complexity index is 728. The molecule has 1 N–H and O–H groups in total. The van der Waals surface area contributed by atoms with Gasteiger partial charge in [0.2, 0.25) is 0 Å². The van der Waals surface area contributed by atoms with E-state index in [0.717, 1.165) is 0 Å². The normalized spacial score (nSPS) is 11.4. The van der Waals surface area contributed by atoms with E-state index >= 15 is 0 Å². The van der Waals surface area contributed by atoms with Crippen LogP contribution >= 0.6 is 0 Å². The predicted octanol–water partition coefficient (Wildman–Crippen LogP) is 2.47. The molecule has 118 valence electrons. The Morgan fingerprint density at radius 3 is 2.57 bits per heavy atom. The van der Waals surface area contributed by atoms with Gasteiger partial charge in [-0.25, -0.2) is 9.78 Å². The average molecular weight is 312 g/mol. The van der Waals surface area contributed by atoms with Gasteiger partial charge in [-0.2, -0.15) is 0 Å². The maximum atomic E-state index is 12.1. The van der Waals surface area contributed by atoms with Crippen LogP contribution in [0.4, 0.5) is 5.69 Å². The van der Waals surface area contributed by atoms with Gasteiger partial charge >= 0.3 is 5.97 Å². The number of anilines is 1. The summed E-state index contributed by atoms with van der Waals surface area (Å²) in [6.07, 6.45) is 0.472. The van der Waals surface area contributed by atoms with Crippen LogP contribution < -0.4 is 5.32 Å². The lowest BCUT2D eigenvalue weighted by molar-refractivity contribution is -0.123. The summed E-state index contributed by atoms with van der Waals surface area (Å²) in [5.74, 6) is -1.27. The van der Waals surface area contributed by atoms with Crippen LogP contribution in [0.1, 0.15) is 34.7 Å². The number of ketones is 1. The SMILES string of the molecule is CC(=O)c1cccc(NC(=O)[C@@H](C)OC(=O)c2ccccn2)c1. The molecule has 0 unspecified atom stereocenters. The third-order valence-corrected chi connectivity index (χ3v) is 3.06. The molecule has 1 aromatic carbocycles. The third-order valence-electron chi connectivity index (χ3n) is 3.06. The van der Waals surface area contributed by atoms with Crippen molar-refractivity contribution in [1.29, 1.82) is 0 Å². The van der Waals surface area contributed by atoms with Crippen LogP contribution in [-0.2, 0) is 9.53 Å². The topological polar surface area (TPSA) is 85.4 Å². The standard InChI is InChI=1S/C17H16N2O4/c1-11(20)13-6-5-7-14(10-13)19-16(21)12(2)23-17(22)15-8-3-4-9-18-15/h3-10,12H,1-2H3,(H,19,21)/t12-/m1/s1. The van der Waals surface area contributed by atoms with Crippen molar-refractivity contribution in [2.75, 3.05) is 5.32 Å². The van der Waals surface area contributed by atoms with Gasteiger partial charge < -0.3 is 10.1 Å². The van der Waals surface area contributed by atoms with E-state index in [1.807, 2.05) is 0 Å². The molecular weight excluding hydrogens is 296 g/mol. The van der Waals surface area contributed by atoms with Crippen molar-refractivity contribution in [2.24, 2.45) is 0 Å². The molecule has 23 heavy (non-hydrogen) atoms. The van der Waals surface area contributed by atoms with E-state index in [1.165, 1.54) is 26.1 Å². The monoisotopic (exact) mass is 312 g/mol. The molecule has 0 aliphatic rings. The van der Waals surface area contributed by atoms with Gasteiger partial charge in [-0.3, -0.25) is 9.59 Å². The summed E-state index contributed by atoms with van der Waals surface area (Å²) in [5, 5.41) is 2.60. The first kappa shape index (κ1) is 16.4. The first-order chi connectivity index (χ1) is 11.0. The molecule has 1 atom stereocenters. The largest absolute Gasteiger partial charge is 0.448 e. The smallest absolute Gasteiger partial charge is 0.357 e. The highest BCUT2D eigenvalue weighted by molar-refractivity contribution is 5.99. The number of hydrogen-bond donors (Lipinski definition) is 1. The van der Waals surface area contributed by atoms with Gasteiger partial charge in [0.15, 0.2) is 11.9 Å². The molecule has 0 saturated carbocycles. The van der Waals surface area contributed by atoms with Crippen LogP contribution in [0.5, 0.6) is 0 Å². The van der Waals surface area contributed by atoms with Gasteiger partial charge in [-0.1, -0.05) is 18.2 Å². The molecule has 0 aliphatic carbocycles. The number of esters is 1. The van der Waals surface area contributed by atoms with Crippen LogP contribution in [-0.4, -0.2) is 28.7 Å². The maximum Gasteiger partial charge on any atom is 0.357 e. The van der Waals surface area contributed by atoms with E-state index in [2.05, 4.69) is 10.3 Å². The number of pyridine rings is 1. The van der Waals surface area contributed by atoms with Gasteiger partial charge in [0.05, 0.1) is 0 Å². The van der Waals surface area contributed by atoms with Crippen molar-refractivity contribution in [2.45, 2.75) is 20.0 Å². The van der Waals surface area contributed by atoms with Crippen LogP contribution in [0.2, 0.25) is 0 Å². The summed E-state index contributed by atoms with van der Waals surface area (Å²) >= 11 is 0. The van der Waals surface area contributed by atoms with Crippen LogP contribution in [0.25, 0.3) is 0 Å². The van der Waals surface area contributed by atoms with E-state index in [1.54, 1.807) is 36.4 Å². The number of amides is 1. The number of nitrogens with zero attached hydrogens (tertiary/aromatic N) is 1. The molecule has 1 heterocycles. The van der Waals surface area contributed by atoms with E-state index in [0.29, 0.717) is 11.3 Å². The Morgan fingerprint density at radius 1 is 1.13 bits per heavy atom. The van der Waals surface area contributed by atoms with Crippen molar-refractivity contribution < 1.29 is 19.1 Å². The molecule has 0 bridgehead atoms. The van der Waals surface area contributed by atoms with Crippen molar-refractivity contribution >= 4 is 23.3 Å². The fraction of sp³-hybridized carbons (Fsp3) is 0.176. The number of rotatable bonds is 5. The number of ether oxygens (including phenoxy) is 1. The van der Waals surface area contributed by atoms with Crippen LogP contribution in [0, 0.1) is 0 Å². The molecule has 2 rings (SSSR count). The number of hydrogen-bond acceptors (Lipinski definition) is 5. The molecule has 6 nitrogen and oxygen atoms in total. The number of nitrogens with one attached hydrogen (secondary N) is 1. The van der Waals surface area contributed by atoms with E-state index in [-0.39, 0.29) is 11.5 Å². The maximum absolute atomic E-state index is 12.1. The summed E-state index contributed by atoms with van der Waals surface area (Å²) in [7, 11) is 0. The Labute approximate surface area is 133 Å². The quantitative estimate of drug-likeness (QED) is 0.677. The second-order valence-electron chi connectivity index (χ2n) is 4.89. The summed E-state index contributed by atoms with van der Waals surface area (Å²) in [4.78, 5) is 39.1. The van der Waals surface area contributed by atoms with Crippen molar-refractivity contribution in [3.63, 3.8) is 0 Å². The van der Waals surface area contributed by atoms with E-state index in [4.69, 9.17) is 4.74 Å². The van der Waals surface area contributed by atoms with Gasteiger partial charge in [-0.15, -0.1) is 0 Å². The second-order valence-corrected chi connectivity index (χ2v) is 4.89. The summed E-state index contributed by atoms with van der Waals surface area (Å²) in [5.41, 5.74) is 1.08. The molecular formula is C17H16N2O4. The fourth-order valence-electron chi connectivity index (χ4n) is 1.82. The summed E-state index contributed by atoms with van der Waals surface area (Å²) in [6, 6.07) is 11.4. The molecule has 1 amide bonds. The Hall–Kier alpha value is -3.02. The molecule has 0 aliphatic heterocycles. The first-order valence-electron chi connectivity index (χ1n) is 7.01. The highest BCUT2D eigenvalue weighted by Crippen LogP contribution is 2.12. The zero-order valence-corrected chi connectivity index (χ0v) is 12.8. The minimum atomic E-state index is -0.995. The molecule has 0 saturated heterocycles. The summed E-state index contributed by atoms with van der Waals surface area (Å²) < 4.78 is 5.07. The Morgan fingerprint density at radius 2 is 1.91 bits per heavy atom. The highest BCUT2D eigenvalue weighted by Gasteiger charge is 2.19. The number of carbonyl (C=O) groups is 3. The fourth-order valence-corrected chi connectivity index (χ4v) is 1.82. The molecule has 6 heteroatoms. The number of aromatic nitrogens is 1. The number of benzene rings is 1. The van der Waals surface area contributed by atoms with Crippen LogP contribution in [0.15, 0.2) is 48.7 Å². The van der Waals surface area contributed by atoms with Gasteiger partial charge in [-0.05, 0) is 38.1 Å². The highest BCUT2D eigenvalue weighted by atomic mass is 16.5. The van der Waals surface area contributed by atoms with Crippen molar-refractivity contribution in [3.8, 4) is 0 Å². The Balaban J connectivity index is 1.99. The zero-order valence-electron chi connectivity index (χ0n) is 12.8. The molecule has 2 aromatic rings. The van der Waals surface area contributed by atoms with Gasteiger partial charge in [0.1, 0.15) is 5.69 Å². The lowest BCUT2D eigenvalue weighted by Gasteiger charge is -2.13. The minimum Gasteiger partial charge on any atom is -0.448 e. The molecule has 0 spiro atoms. The lowest BCUT2D eigenvalue weighted by atomic mass is 10.1. The van der Waals surface area contributed by atoms with E-state index in [9.17, 15) is 14.4 Å². The van der Waals surface area contributed by atoms with E-state index < -0.39 is 18.0 Å². The lowest BCUT2D eigenvalue weighted by Crippen LogP contribution is -2.30. The molecule has 1 aromatic heterocycles. The van der Waals surface area contributed by atoms with Gasteiger partial charge in [0, 0.05) is 17.4 Å². The van der Waals surface area contributed by atoms with Crippen molar-refractivity contribution in [3.05, 3.63) is 59.9 Å². The molecule has 0 radical (unpaired) electrons. The van der Waals surface area contributed by atoms with Gasteiger partial charge in [0.25, 0.3) is 5.91 Å². The minimum absolute atomic E-state index is 0.101. The zero-order chi connectivity index (χ0) is 16.8. The average Bonchev–Trinajstić information content (AvgIpc) is 2.55. The third kappa shape index (κ3) is 4.47.